The molecule has 0 aromatic heterocycles. The predicted octanol–water partition coefficient (Wildman–Crippen LogP) is 0.454. The van der Waals surface area contributed by atoms with E-state index in [9.17, 15) is 8.42 Å². The van der Waals surface area contributed by atoms with Crippen LogP contribution in [0.3, 0.4) is 0 Å². The van der Waals surface area contributed by atoms with Crippen molar-refractivity contribution in [3.63, 3.8) is 0 Å². The third-order valence-corrected chi connectivity index (χ3v) is 4.11. The van der Waals surface area contributed by atoms with Gasteiger partial charge in [-0.25, -0.2) is 5.14 Å². The first kappa shape index (κ1) is 11.3. The Bertz CT molecular complexity index is 253. The first-order chi connectivity index (χ1) is 6.03. The SMILES string of the molecule is CCSC1CCCC1NS(N)(=O)=O. The Kier molecular flexibility index (Phi) is 4.03. The molecule has 6 heteroatoms. The molecule has 0 aliphatic heterocycles. The van der Waals surface area contributed by atoms with Crippen LogP contribution in [0.25, 0.3) is 0 Å². The van der Waals surface area contributed by atoms with Gasteiger partial charge in [-0.2, -0.15) is 24.9 Å². The number of rotatable bonds is 4. The highest BCUT2D eigenvalue weighted by Gasteiger charge is 2.29. The predicted molar refractivity (Wildman–Crippen MR) is 55.8 cm³/mol. The summed E-state index contributed by atoms with van der Waals surface area (Å²) in [6.07, 6.45) is 3.09. The van der Waals surface area contributed by atoms with Crippen LogP contribution in [0.1, 0.15) is 26.2 Å². The van der Waals surface area contributed by atoms with E-state index in [-0.39, 0.29) is 6.04 Å². The topological polar surface area (TPSA) is 72.2 Å². The van der Waals surface area contributed by atoms with E-state index in [1.165, 1.54) is 0 Å². The molecule has 3 N–H and O–H groups in total. The lowest BCUT2D eigenvalue weighted by Crippen LogP contribution is -2.42. The molecule has 0 aromatic rings. The maximum absolute atomic E-state index is 10.8. The fraction of sp³-hybridized carbons (Fsp3) is 1.00. The largest absolute Gasteiger partial charge is 0.274 e. The van der Waals surface area contributed by atoms with Gasteiger partial charge in [0.05, 0.1) is 0 Å². The molecule has 0 heterocycles. The Labute approximate surface area is 83.8 Å². The number of thioether (sulfide) groups is 1. The molecule has 1 fully saturated rings. The number of hydrogen-bond donors (Lipinski definition) is 2. The van der Waals surface area contributed by atoms with Gasteiger partial charge in [0.2, 0.25) is 0 Å². The smallest absolute Gasteiger partial charge is 0.216 e. The zero-order valence-corrected chi connectivity index (χ0v) is 9.33. The molecular formula is C7H16N2O2S2. The number of hydrogen-bond acceptors (Lipinski definition) is 3. The van der Waals surface area contributed by atoms with Crippen molar-refractivity contribution in [2.24, 2.45) is 5.14 Å². The lowest BCUT2D eigenvalue weighted by molar-refractivity contribution is 0.556. The Morgan fingerprint density at radius 1 is 1.54 bits per heavy atom. The van der Waals surface area contributed by atoms with Crippen LogP contribution in [0.4, 0.5) is 0 Å². The fourth-order valence-corrected chi connectivity index (χ4v) is 3.67. The van der Waals surface area contributed by atoms with E-state index in [1.807, 2.05) is 0 Å². The second kappa shape index (κ2) is 4.63. The summed E-state index contributed by atoms with van der Waals surface area (Å²) in [6, 6.07) is 0.0416. The van der Waals surface area contributed by atoms with Gasteiger partial charge in [0.25, 0.3) is 10.2 Å². The van der Waals surface area contributed by atoms with Gasteiger partial charge in [-0.05, 0) is 18.6 Å². The molecular weight excluding hydrogens is 208 g/mol. The molecule has 1 aliphatic carbocycles. The molecule has 1 aliphatic rings. The average Bonchev–Trinajstić information content (AvgIpc) is 2.34. The van der Waals surface area contributed by atoms with E-state index in [0.717, 1.165) is 25.0 Å². The van der Waals surface area contributed by atoms with Crippen molar-refractivity contribution < 1.29 is 8.42 Å². The Balaban J connectivity index is 2.49. The maximum atomic E-state index is 10.8. The van der Waals surface area contributed by atoms with E-state index in [0.29, 0.717) is 5.25 Å². The summed E-state index contributed by atoms with van der Waals surface area (Å²) < 4.78 is 24.1. The standard InChI is InChI=1S/C7H16N2O2S2/c1-2-12-7-5-3-4-6(7)9-13(8,10)11/h6-7,9H,2-5H2,1H3,(H2,8,10,11). The van der Waals surface area contributed by atoms with Gasteiger partial charge in [0.15, 0.2) is 0 Å². The summed E-state index contributed by atoms with van der Waals surface area (Å²) >= 11 is 1.81. The first-order valence-electron chi connectivity index (χ1n) is 4.44. The molecule has 2 unspecified atom stereocenters. The molecule has 4 nitrogen and oxygen atoms in total. The third kappa shape index (κ3) is 3.84. The highest BCUT2D eigenvalue weighted by atomic mass is 32.2. The molecule has 0 aromatic carbocycles. The van der Waals surface area contributed by atoms with Crippen molar-refractivity contribution in [3.8, 4) is 0 Å². The van der Waals surface area contributed by atoms with Crippen molar-refractivity contribution in [3.05, 3.63) is 0 Å². The molecule has 0 radical (unpaired) electrons. The van der Waals surface area contributed by atoms with Gasteiger partial charge in [-0.15, -0.1) is 0 Å². The van der Waals surface area contributed by atoms with Gasteiger partial charge < -0.3 is 0 Å². The van der Waals surface area contributed by atoms with Crippen molar-refractivity contribution in [1.82, 2.24) is 4.72 Å². The fourth-order valence-electron chi connectivity index (χ4n) is 1.69. The zero-order valence-electron chi connectivity index (χ0n) is 7.69. The average molecular weight is 224 g/mol. The van der Waals surface area contributed by atoms with E-state index in [1.54, 1.807) is 11.8 Å². The molecule has 0 spiro atoms. The molecule has 0 amide bonds. The van der Waals surface area contributed by atoms with Gasteiger partial charge in [0, 0.05) is 11.3 Å². The van der Waals surface area contributed by atoms with Crippen molar-refractivity contribution in [2.45, 2.75) is 37.5 Å². The Morgan fingerprint density at radius 2 is 2.23 bits per heavy atom. The summed E-state index contributed by atoms with van der Waals surface area (Å²) in [5.41, 5.74) is 0. The van der Waals surface area contributed by atoms with Crippen LogP contribution in [-0.2, 0) is 10.2 Å². The summed E-state index contributed by atoms with van der Waals surface area (Å²) in [5, 5.41) is 5.33. The van der Waals surface area contributed by atoms with Crippen molar-refractivity contribution in [1.29, 1.82) is 0 Å². The van der Waals surface area contributed by atoms with Crippen LogP contribution in [0.5, 0.6) is 0 Å². The quantitative estimate of drug-likeness (QED) is 0.728. The van der Waals surface area contributed by atoms with Crippen molar-refractivity contribution >= 4 is 22.0 Å². The number of nitrogens with one attached hydrogen (secondary N) is 1. The molecule has 0 bridgehead atoms. The number of nitrogens with two attached hydrogens (primary N) is 1. The maximum Gasteiger partial charge on any atom is 0.274 e. The summed E-state index contributed by atoms with van der Waals surface area (Å²) in [5.74, 6) is 1.02. The molecule has 13 heavy (non-hydrogen) atoms. The second-order valence-electron chi connectivity index (χ2n) is 3.19. The summed E-state index contributed by atoms with van der Waals surface area (Å²) in [4.78, 5) is 0. The lowest BCUT2D eigenvalue weighted by Gasteiger charge is -2.18. The van der Waals surface area contributed by atoms with Gasteiger partial charge in [-0.1, -0.05) is 13.3 Å². The monoisotopic (exact) mass is 224 g/mol. The van der Waals surface area contributed by atoms with E-state index >= 15 is 0 Å². The summed E-state index contributed by atoms with van der Waals surface area (Å²) in [6.45, 7) is 2.08. The van der Waals surface area contributed by atoms with Gasteiger partial charge >= 0.3 is 0 Å². The first-order valence-corrected chi connectivity index (χ1v) is 7.04. The Hall–Kier alpha value is 0.220. The highest BCUT2D eigenvalue weighted by Crippen LogP contribution is 2.29. The minimum atomic E-state index is -3.52. The second-order valence-corrected chi connectivity index (χ2v) is 6.04. The van der Waals surface area contributed by atoms with E-state index < -0.39 is 10.2 Å². The van der Waals surface area contributed by atoms with E-state index in [4.69, 9.17) is 5.14 Å². The highest BCUT2D eigenvalue weighted by molar-refractivity contribution is 8.00. The minimum Gasteiger partial charge on any atom is -0.216 e. The van der Waals surface area contributed by atoms with Crippen molar-refractivity contribution in [2.75, 3.05) is 5.75 Å². The molecule has 2 atom stereocenters. The van der Waals surface area contributed by atoms with Crippen LogP contribution in [0.2, 0.25) is 0 Å². The lowest BCUT2D eigenvalue weighted by atomic mass is 10.3. The zero-order chi connectivity index (χ0) is 9.90. The van der Waals surface area contributed by atoms with E-state index in [2.05, 4.69) is 11.6 Å². The van der Waals surface area contributed by atoms with Gasteiger partial charge in [-0.3, -0.25) is 0 Å². The normalized spacial score (nSPS) is 29.4. The van der Waals surface area contributed by atoms with Gasteiger partial charge in [0.1, 0.15) is 0 Å². The van der Waals surface area contributed by atoms with Crippen LogP contribution < -0.4 is 9.86 Å². The van der Waals surface area contributed by atoms with Crippen LogP contribution >= 0.6 is 11.8 Å². The van der Waals surface area contributed by atoms with Crippen LogP contribution in [-0.4, -0.2) is 25.5 Å². The van der Waals surface area contributed by atoms with Crippen LogP contribution in [0.15, 0.2) is 0 Å². The minimum absolute atomic E-state index is 0.0416. The molecule has 1 saturated carbocycles. The third-order valence-electron chi connectivity index (χ3n) is 2.15. The molecule has 1 rings (SSSR count). The molecule has 78 valence electrons. The van der Waals surface area contributed by atoms with Crippen LogP contribution in [0, 0.1) is 0 Å². The molecule has 0 saturated heterocycles. The Morgan fingerprint density at radius 3 is 2.77 bits per heavy atom. The summed E-state index contributed by atoms with van der Waals surface area (Å²) in [7, 11) is -3.52.